The fourth-order valence-corrected chi connectivity index (χ4v) is 8.71. The first-order valence-electron chi connectivity index (χ1n) is 12.2. The van der Waals surface area contributed by atoms with Gasteiger partial charge in [0.25, 0.3) is 15.9 Å². The van der Waals surface area contributed by atoms with Crippen LogP contribution in [0.3, 0.4) is 0 Å². The van der Waals surface area contributed by atoms with Crippen LogP contribution in [0.5, 0.6) is 0 Å². The van der Waals surface area contributed by atoms with E-state index in [-0.39, 0.29) is 47.5 Å². The molecule has 0 saturated carbocycles. The van der Waals surface area contributed by atoms with Crippen LogP contribution >= 0.6 is 22.9 Å². The maximum Gasteiger partial charge on any atom is 0.310 e. The number of thiophene rings is 1. The molecule has 4 heterocycles. The summed E-state index contributed by atoms with van der Waals surface area (Å²) in [6.45, 7) is 2.86. The lowest BCUT2D eigenvalue weighted by molar-refractivity contribution is 0.0511. The Hall–Kier alpha value is -2.82. The minimum Gasteiger partial charge on any atom is -0.436 e. The van der Waals surface area contributed by atoms with Crippen LogP contribution in [0.2, 0.25) is 5.02 Å². The van der Waals surface area contributed by atoms with Crippen molar-refractivity contribution < 1.29 is 22.4 Å². The zero-order valence-electron chi connectivity index (χ0n) is 20.9. The molecule has 0 spiro atoms. The topological polar surface area (TPSA) is 128 Å². The number of nitrogens with zero attached hydrogens (tertiary/aromatic N) is 5. The first-order valence-corrected chi connectivity index (χ1v) is 14.8. The van der Waals surface area contributed by atoms with Gasteiger partial charge in [-0.05, 0) is 32.5 Å². The van der Waals surface area contributed by atoms with Gasteiger partial charge in [-0.15, -0.1) is 11.3 Å². The number of hydrogen-bond acceptors (Lipinski definition) is 9. The number of likely N-dealkylation sites (N-methyl/N-ethyl adjacent to an activating group) is 1. The quantitative estimate of drug-likeness (QED) is 0.408. The minimum atomic E-state index is -4.07. The van der Waals surface area contributed by atoms with Gasteiger partial charge in [0.2, 0.25) is 0 Å². The van der Waals surface area contributed by atoms with Gasteiger partial charge in [0.1, 0.15) is 9.97 Å². The SMILES string of the molecule is CC(=O)c1c(S(=O)(=O)N2CCN(C(=O)c3nc4c(o3)CN(C)CC4)C(CCC#N)C2)sc2cc(Cl)ccc12. The van der Waals surface area contributed by atoms with Crippen molar-refractivity contribution in [2.45, 2.75) is 43.0 Å². The molecule has 1 amide bonds. The number of carbonyl (C=O) groups excluding carboxylic acids is 2. The Bertz CT molecular complexity index is 1570. The molecule has 0 N–H and O–H groups in total. The molecule has 2 aliphatic rings. The Kier molecular flexibility index (Phi) is 7.32. The number of amides is 1. The second-order valence-electron chi connectivity index (χ2n) is 9.55. The molecule has 0 bridgehead atoms. The van der Waals surface area contributed by atoms with Gasteiger partial charge in [0.15, 0.2) is 5.78 Å². The Morgan fingerprint density at radius 2 is 2.08 bits per heavy atom. The summed E-state index contributed by atoms with van der Waals surface area (Å²) in [4.78, 5) is 34.0. The highest BCUT2D eigenvalue weighted by Crippen LogP contribution is 2.38. The molecule has 10 nitrogen and oxygen atoms in total. The van der Waals surface area contributed by atoms with Gasteiger partial charge in [-0.3, -0.25) is 14.5 Å². The molecule has 1 atom stereocenters. The first-order chi connectivity index (χ1) is 18.1. The number of aromatic nitrogens is 1. The summed E-state index contributed by atoms with van der Waals surface area (Å²) in [5.41, 5.74) is 0.909. The van der Waals surface area contributed by atoms with Gasteiger partial charge < -0.3 is 9.32 Å². The highest BCUT2D eigenvalue weighted by Gasteiger charge is 2.40. The molecule has 0 aliphatic carbocycles. The van der Waals surface area contributed by atoms with Crippen molar-refractivity contribution in [1.82, 2.24) is 19.1 Å². The molecule has 2 aromatic heterocycles. The van der Waals surface area contributed by atoms with Gasteiger partial charge in [-0.25, -0.2) is 13.4 Å². The fraction of sp³-hybridized carbons (Fsp3) is 0.440. The molecule has 0 radical (unpaired) electrons. The van der Waals surface area contributed by atoms with Crippen LogP contribution in [-0.2, 0) is 23.0 Å². The predicted octanol–water partition coefficient (Wildman–Crippen LogP) is 3.55. The van der Waals surface area contributed by atoms with Crippen molar-refractivity contribution in [1.29, 1.82) is 5.26 Å². The number of hydrogen-bond donors (Lipinski definition) is 0. The molecule has 13 heteroatoms. The monoisotopic (exact) mass is 575 g/mol. The largest absolute Gasteiger partial charge is 0.436 e. The molecule has 1 aromatic carbocycles. The number of rotatable bonds is 6. The third-order valence-corrected chi connectivity index (χ3v) is 10.7. The Balaban J connectivity index is 1.44. The summed E-state index contributed by atoms with van der Waals surface area (Å²) >= 11 is 7.12. The average Bonchev–Trinajstić information content (AvgIpc) is 3.48. The number of oxazole rings is 1. The summed E-state index contributed by atoms with van der Waals surface area (Å²) in [6.07, 6.45) is 1.12. The molecular formula is C25H26ClN5O5S2. The molecule has 3 aromatic rings. The molecular weight excluding hydrogens is 550 g/mol. The molecule has 2 aliphatic heterocycles. The van der Waals surface area contributed by atoms with Crippen molar-refractivity contribution in [3.8, 4) is 6.07 Å². The van der Waals surface area contributed by atoms with Crippen molar-refractivity contribution in [3.05, 3.63) is 46.1 Å². The number of Topliss-reactive ketones (excluding diaryl/α,β-unsaturated/α-hetero) is 1. The third-order valence-electron chi connectivity index (χ3n) is 6.95. The normalized spacial score (nSPS) is 18.9. The van der Waals surface area contributed by atoms with E-state index in [1.54, 1.807) is 23.1 Å². The molecule has 200 valence electrons. The second kappa shape index (κ2) is 10.4. The predicted molar refractivity (Wildman–Crippen MR) is 142 cm³/mol. The molecule has 38 heavy (non-hydrogen) atoms. The highest BCUT2D eigenvalue weighted by molar-refractivity contribution is 7.91. The number of piperazine rings is 1. The lowest BCUT2D eigenvalue weighted by atomic mass is 10.1. The van der Waals surface area contributed by atoms with E-state index in [0.717, 1.165) is 23.6 Å². The molecule has 1 saturated heterocycles. The Morgan fingerprint density at radius 1 is 1.29 bits per heavy atom. The maximum atomic E-state index is 13.8. The average molecular weight is 576 g/mol. The van der Waals surface area contributed by atoms with Crippen LogP contribution in [0.1, 0.15) is 52.3 Å². The number of nitriles is 1. The summed E-state index contributed by atoms with van der Waals surface area (Å²) in [7, 11) is -2.10. The van der Waals surface area contributed by atoms with E-state index in [2.05, 4.69) is 16.0 Å². The van der Waals surface area contributed by atoms with E-state index < -0.39 is 22.0 Å². The molecule has 1 fully saturated rings. The zero-order chi connectivity index (χ0) is 27.2. The smallest absolute Gasteiger partial charge is 0.310 e. The van der Waals surface area contributed by atoms with Crippen LogP contribution in [0.15, 0.2) is 26.8 Å². The van der Waals surface area contributed by atoms with Crippen LogP contribution < -0.4 is 0 Å². The third kappa shape index (κ3) is 4.85. The van der Waals surface area contributed by atoms with Gasteiger partial charge in [0.05, 0.1) is 23.9 Å². The summed E-state index contributed by atoms with van der Waals surface area (Å²) in [6, 6.07) is 6.46. The standard InChI is InChI=1S/C25H26ClN5O5S2/c1-15(32)22-18-6-5-16(26)12-21(18)37-25(22)38(34,35)30-10-11-31(17(13-30)4-3-8-27)24(33)23-28-19-7-9-29(2)14-20(19)36-23/h5-6,12,17H,3-4,7,9-11,13-14H2,1-2H3. The number of ketones is 1. The van der Waals surface area contributed by atoms with Gasteiger partial charge in [0, 0.05) is 60.2 Å². The van der Waals surface area contributed by atoms with Crippen molar-refractivity contribution in [3.63, 3.8) is 0 Å². The number of fused-ring (bicyclic) bond motifs is 2. The number of halogens is 1. The lowest BCUT2D eigenvalue weighted by Crippen LogP contribution is -2.56. The van der Waals surface area contributed by atoms with Gasteiger partial charge in [-0.1, -0.05) is 17.7 Å². The first kappa shape index (κ1) is 26.8. The van der Waals surface area contributed by atoms with Crippen LogP contribution in [-0.4, -0.2) is 78.5 Å². The Morgan fingerprint density at radius 3 is 2.82 bits per heavy atom. The van der Waals surface area contributed by atoms with E-state index in [4.69, 9.17) is 16.0 Å². The van der Waals surface area contributed by atoms with E-state index in [0.29, 0.717) is 40.3 Å². The van der Waals surface area contributed by atoms with Crippen LogP contribution in [0.25, 0.3) is 10.1 Å². The van der Waals surface area contributed by atoms with Crippen LogP contribution in [0.4, 0.5) is 0 Å². The number of carbonyl (C=O) groups is 2. The minimum absolute atomic E-state index is 0.00867. The summed E-state index contributed by atoms with van der Waals surface area (Å²) < 4.78 is 35.4. The van der Waals surface area contributed by atoms with Gasteiger partial charge >= 0.3 is 5.91 Å². The van der Waals surface area contributed by atoms with E-state index >= 15 is 0 Å². The van der Waals surface area contributed by atoms with E-state index in [1.165, 1.54) is 11.2 Å². The molecule has 1 unspecified atom stereocenters. The van der Waals surface area contributed by atoms with Crippen molar-refractivity contribution >= 4 is 54.7 Å². The number of sulfonamides is 1. The van der Waals surface area contributed by atoms with Crippen molar-refractivity contribution in [2.24, 2.45) is 0 Å². The maximum absolute atomic E-state index is 13.8. The van der Waals surface area contributed by atoms with Crippen LogP contribution in [0, 0.1) is 11.3 Å². The fourth-order valence-electron chi connectivity index (χ4n) is 5.01. The summed E-state index contributed by atoms with van der Waals surface area (Å²) in [5, 5.41) is 10.2. The second-order valence-corrected chi connectivity index (χ2v) is 13.2. The zero-order valence-corrected chi connectivity index (χ0v) is 23.3. The van der Waals surface area contributed by atoms with Gasteiger partial charge in [-0.2, -0.15) is 9.57 Å². The highest BCUT2D eigenvalue weighted by atomic mass is 35.5. The molecule has 5 rings (SSSR count). The number of benzene rings is 1. The Labute approximate surface area is 229 Å². The van der Waals surface area contributed by atoms with E-state index in [9.17, 15) is 23.3 Å². The van der Waals surface area contributed by atoms with Crippen molar-refractivity contribution in [2.75, 3.05) is 33.2 Å². The lowest BCUT2D eigenvalue weighted by Gasteiger charge is -2.40. The summed E-state index contributed by atoms with van der Waals surface area (Å²) in [5.74, 6) is -0.115. The van der Waals surface area contributed by atoms with E-state index in [1.807, 2.05) is 7.05 Å².